The van der Waals surface area contributed by atoms with Crippen molar-refractivity contribution in [2.75, 3.05) is 0 Å². The van der Waals surface area contributed by atoms with Gasteiger partial charge in [0, 0.05) is 58.4 Å². The number of aliphatic imine (C=N–C) groups is 1. The van der Waals surface area contributed by atoms with Crippen LogP contribution in [0.2, 0.25) is 0 Å². The summed E-state index contributed by atoms with van der Waals surface area (Å²) in [5.74, 6) is 1.79. The summed E-state index contributed by atoms with van der Waals surface area (Å²) in [4.78, 5) is 20.3. The van der Waals surface area contributed by atoms with Crippen molar-refractivity contribution < 1.29 is 9.47 Å². The van der Waals surface area contributed by atoms with Crippen LogP contribution in [0.3, 0.4) is 0 Å². The number of aromatic nitrogens is 4. The van der Waals surface area contributed by atoms with E-state index in [2.05, 4.69) is 148 Å². The first-order valence-electron chi connectivity index (χ1n) is 19.2. The summed E-state index contributed by atoms with van der Waals surface area (Å²) in [5, 5.41) is 1.03. The molecule has 7 heteroatoms. The largest absolute Gasteiger partial charge is 0.467 e. The van der Waals surface area contributed by atoms with Gasteiger partial charge in [-0.1, -0.05) is 74.4 Å². The van der Waals surface area contributed by atoms with Crippen molar-refractivity contribution in [2.24, 2.45) is 10.4 Å². The molecule has 0 bridgehead atoms. The Morgan fingerprint density at radius 1 is 0.796 bits per heavy atom. The van der Waals surface area contributed by atoms with Gasteiger partial charge in [-0.05, 0) is 103 Å². The molecule has 0 saturated heterocycles. The second kappa shape index (κ2) is 11.7. The lowest BCUT2D eigenvalue weighted by atomic mass is 9.66. The molecular weight excluding hydrogens is 667 g/mol. The van der Waals surface area contributed by atoms with E-state index in [-0.39, 0.29) is 16.2 Å². The van der Waals surface area contributed by atoms with Crippen LogP contribution in [0, 0.1) is 26.2 Å². The van der Waals surface area contributed by atoms with Crippen LogP contribution < -0.4 is 4.74 Å². The first-order chi connectivity index (χ1) is 25.2. The maximum Gasteiger partial charge on any atom is 0.219 e. The monoisotopic (exact) mass is 719 g/mol. The SMILES string of the molecule is Cc1cnc2c(c1)c1nc(C(C)(C)C)ccc1n2-c1cc(Oc2cc(C3=N[C@]4(C)c5cc(C)c(C)cc5C[C@]4(C(C)(C)C)O3)ccn2)cc(C(C)(C)C)c1. The molecule has 2 atom stereocenters. The first-order valence-corrected chi connectivity index (χ1v) is 19.2. The topological polar surface area (TPSA) is 74.4 Å². The van der Waals surface area contributed by atoms with Gasteiger partial charge in [0.1, 0.15) is 22.5 Å². The predicted octanol–water partition coefficient (Wildman–Crippen LogP) is 11.3. The first kappa shape index (κ1) is 36.0. The Hall–Kier alpha value is -5.04. The molecule has 1 aliphatic heterocycles. The van der Waals surface area contributed by atoms with Gasteiger partial charge in [-0.15, -0.1) is 0 Å². The fourth-order valence-corrected chi connectivity index (χ4v) is 8.54. The molecule has 6 aromatic rings. The standard InChI is InChI=1S/C47H53N5O2/c1-27-18-35-40-37(14-15-38(50-40)44(7,8)9)52(41(35)49-26-27)33-22-32(43(4,5)6)23-34(24-33)53-39-21-30(16-17-48-39)42-51-46(13)36-20-29(3)28(2)19-31(36)25-47(46,54-42)45(10,11)12/h14-24,26H,25H2,1-13H3/t46-,47-/m1/s1. The van der Waals surface area contributed by atoms with Crippen LogP contribution in [0.4, 0.5) is 0 Å². The molecular formula is C47H53N5O2. The van der Waals surface area contributed by atoms with Crippen LogP contribution in [-0.4, -0.2) is 31.0 Å². The van der Waals surface area contributed by atoms with Crippen LogP contribution in [-0.2, 0) is 27.5 Å². The van der Waals surface area contributed by atoms with E-state index in [0.29, 0.717) is 17.5 Å². The number of pyridine rings is 3. The van der Waals surface area contributed by atoms with E-state index >= 15 is 0 Å². The molecule has 0 spiro atoms. The van der Waals surface area contributed by atoms with Gasteiger partial charge in [-0.2, -0.15) is 0 Å². The summed E-state index contributed by atoms with van der Waals surface area (Å²) in [6, 6.07) is 21.5. The highest BCUT2D eigenvalue weighted by molar-refractivity contribution is 6.06. The smallest absolute Gasteiger partial charge is 0.219 e. The summed E-state index contributed by atoms with van der Waals surface area (Å²) in [6.45, 7) is 28.7. The van der Waals surface area contributed by atoms with Crippen molar-refractivity contribution in [1.82, 2.24) is 19.5 Å². The van der Waals surface area contributed by atoms with Crippen LogP contribution in [0.5, 0.6) is 11.6 Å². The van der Waals surface area contributed by atoms with Gasteiger partial charge in [0.05, 0.1) is 16.7 Å². The maximum absolute atomic E-state index is 7.10. The average Bonchev–Trinajstić information content (AvgIpc) is 3.65. The summed E-state index contributed by atoms with van der Waals surface area (Å²) in [6.07, 6.45) is 4.51. The number of benzene rings is 2. The molecule has 8 rings (SSSR count). The minimum Gasteiger partial charge on any atom is -0.467 e. The van der Waals surface area contributed by atoms with Crippen molar-refractivity contribution in [1.29, 1.82) is 0 Å². The molecule has 0 saturated carbocycles. The van der Waals surface area contributed by atoms with Crippen molar-refractivity contribution >= 4 is 28.0 Å². The summed E-state index contributed by atoms with van der Waals surface area (Å²) < 4.78 is 16.0. The highest BCUT2D eigenvalue weighted by Gasteiger charge is 2.66. The molecule has 0 fully saturated rings. The number of aryl methyl sites for hydroxylation is 3. The second-order valence-electron chi connectivity index (χ2n) is 18.9. The van der Waals surface area contributed by atoms with E-state index in [1.807, 2.05) is 18.3 Å². The van der Waals surface area contributed by atoms with Gasteiger partial charge >= 0.3 is 0 Å². The number of rotatable bonds is 4. The Labute approximate surface area is 319 Å². The zero-order chi connectivity index (χ0) is 38.7. The number of fused-ring (bicyclic) bond motifs is 6. The molecule has 5 heterocycles. The molecule has 0 N–H and O–H groups in total. The van der Waals surface area contributed by atoms with Gasteiger partial charge in [-0.25, -0.2) is 19.9 Å². The third-order valence-electron chi connectivity index (χ3n) is 11.9. The van der Waals surface area contributed by atoms with Gasteiger partial charge in [-0.3, -0.25) is 4.57 Å². The van der Waals surface area contributed by atoms with Gasteiger partial charge in [0.25, 0.3) is 0 Å². The average molecular weight is 720 g/mol. The van der Waals surface area contributed by atoms with E-state index in [9.17, 15) is 0 Å². The molecule has 0 unspecified atom stereocenters. The summed E-state index contributed by atoms with van der Waals surface area (Å²) in [5.41, 5.74) is 11.6. The summed E-state index contributed by atoms with van der Waals surface area (Å²) >= 11 is 0. The van der Waals surface area contributed by atoms with Crippen LogP contribution in [0.15, 0.2) is 78.0 Å². The zero-order valence-electron chi connectivity index (χ0n) is 34.2. The molecule has 0 radical (unpaired) electrons. The van der Waals surface area contributed by atoms with E-state index in [4.69, 9.17) is 24.4 Å². The maximum atomic E-state index is 7.10. The molecule has 2 aliphatic rings. The van der Waals surface area contributed by atoms with E-state index < -0.39 is 11.1 Å². The summed E-state index contributed by atoms with van der Waals surface area (Å²) in [7, 11) is 0. The van der Waals surface area contributed by atoms with Crippen molar-refractivity contribution in [3.8, 4) is 17.3 Å². The zero-order valence-corrected chi connectivity index (χ0v) is 34.2. The molecule has 4 aromatic heterocycles. The normalized spacial score (nSPS) is 19.9. The molecule has 54 heavy (non-hydrogen) atoms. The van der Waals surface area contributed by atoms with E-state index in [1.54, 1.807) is 6.20 Å². The van der Waals surface area contributed by atoms with Gasteiger partial charge in [0.2, 0.25) is 11.8 Å². The molecule has 2 aromatic carbocycles. The Morgan fingerprint density at radius 3 is 2.24 bits per heavy atom. The quantitative estimate of drug-likeness (QED) is 0.181. The minimum absolute atomic E-state index is 0.0871. The Balaban J connectivity index is 1.22. The number of hydrogen-bond donors (Lipinski definition) is 0. The fourth-order valence-electron chi connectivity index (χ4n) is 8.54. The third-order valence-corrected chi connectivity index (χ3v) is 11.9. The van der Waals surface area contributed by atoms with Gasteiger partial charge < -0.3 is 9.47 Å². The minimum atomic E-state index is -0.536. The highest BCUT2D eigenvalue weighted by Crippen LogP contribution is 2.60. The Bertz CT molecular complexity index is 2540. The number of hydrogen-bond acceptors (Lipinski definition) is 6. The third kappa shape index (κ3) is 5.53. The highest BCUT2D eigenvalue weighted by atomic mass is 16.5. The van der Waals surface area contributed by atoms with Crippen LogP contribution in [0.25, 0.3) is 27.8 Å². The lowest BCUT2D eigenvalue weighted by Crippen LogP contribution is -2.54. The van der Waals surface area contributed by atoms with E-state index in [0.717, 1.165) is 56.6 Å². The van der Waals surface area contributed by atoms with Crippen LogP contribution >= 0.6 is 0 Å². The van der Waals surface area contributed by atoms with Crippen molar-refractivity contribution in [2.45, 2.75) is 118 Å². The Kier molecular flexibility index (Phi) is 7.81. The Morgan fingerprint density at radius 2 is 1.54 bits per heavy atom. The number of ether oxygens (including phenoxy) is 2. The molecule has 1 aliphatic carbocycles. The molecule has 0 amide bonds. The van der Waals surface area contributed by atoms with Crippen molar-refractivity contribution in [3.05, 3.63) is 118 Å². The van der Waals surface area contributed by atoms with Gasteiger partial charge in [0.15, 0.2) is 0 Å². The van der Waals surface area contributed by atoms with E-state index in [1.165, 1.54) is 22.3 Å². The molecule has 278 valence electrons. The lowest BCUT2D eigenvalue weighted by Gasteiger charge is -2.45. The van der Waals surface area contributed by atoms with Crippen molar-refractivity contribution in [3.63, 3.8) is 0 Å². The number of nitrogens with zero attached hydrogens (tertiary/aromatic N) is 5. The predicted molar refractivity (Wildman–Crippen MR) is 220 cm³/mol. The molecule has 7 nitrogen and oxygen atoms in total. The second-order valence-corrected chi connectivity index (χ2v) is 18.9. The van der Waals surface area contributed by atoms with Crippen LogP contribution in [0.1, 0.15) is 114 Å². The fraction of sp³-hybridized carbons (Fsp3) is 0.404. The lowest BCUT2D eigenvalue weighted by molar-refractivity contribution is -0.0673.